The van der Waals surface area contributed by atoms with Crippen LogP contribution in [0.25, 0.3) is 0 Å². The van der Waals surface area contributed by atoms with Gasteiger partial charge in [0.25, 0.3) is 20.0 Å². The van der Waals surface area contributed by atoms with Gasteiger partial charge in [-0.25, -0.2) is 16.8 Å². The van der Waals surface area contributed by atoms with E-state index in [0.29, 0.717) is 14.8 Å². The first-order valence-electron chi connectivity index (χ1n) is 12.3. The molecule has 1 unspecified atom stereocenters. The summed E-state index contributed by atoms with van der Waals surface area (Å²) in [5, 5.41) is 0. The Labute approximate surface area is 228 Å². The van der Waals surface area contributed by atoms with Crippen molar-refractivity contribution in [2.75, 3.05) is 6.54 Å². The van der Waals surface area contributed by atoms with Crippen molar-refractivity contribution in [2.45, 2.75) is 34.2 Å². The molecule has 0 aromatic heterocycles. The second-order valence-corrected chi connectivity index (χ2v) is 13.7. The van der Waals surface area contributed by atoms with Crippen molar-refractivity contribution < 1.29 is 26.4 Å². The molecule has 0 N–H and O–H groups in total. The normalized spacial score (nSPS) is 19.1. The molecule has 1 saturated heterocycles. The molecular weight excluding hydrogens is 534 g/mol. The highest BCUT2D eigenvalue weighted by Crippen LogP contribution is 2.48. The molecule has 1 heterocycles. The van der Waals surface area contributed by atoms with E-state index in [0.717, 1.165) is 0 Å². The van der Waals surface area contributed by atoms with Crippen LogP contribution in [-0.4, -0.2) is 38.7 Å². The largest absolute Gasteiger partial charge is 0.457 e. The van der Waals surface area contributed by atoms with Crippen molar-refractivity contribution in [1.82, 2.24) is 3.71 Å². The summed E-state index contributed by atoms with van der Waals surface area (Å²) in [6, 6.07) is 32.9. The Morgan fingerprint density at radius 2 is 1.00 bits per heavy atom. The number of sulfonamides is 2. The number of carbonyl (C=O) groups is 1. The van der Waals surface area contributed by atoms with Crippen molar-refractivity contribution in [3.63, 3.8) is 0 Å². The first-order valence-corrected chi connectivity index (χ1v) is 15.2. The van der Waals surface area contributed by atoms with Crippen molar-refractivity contribution in [3.05, 3.63) is 132 Å². The summed E-state index contributed by atoms with van der Waals surface area (Å²) in [5.41, 5.74) is -1.38. The van der Waals surface area contributed by atoms with Crippen molar-refractivity contribution >= 4 is 26.0 Å². The zero-order valence-corrected chi connectivity index (χ0v) is 22.8. The van der Waals surface area contributed by atoms with Crippen LogP contribution in [0.5, 0.6) is 0 Å². The van der Waals surface area contributed by atoms with Gasteiger partial charge in [-0.3, -0.25) is 4.79 Å². The van der Waals surface area contributed by atoms with Crippen molar-refractivity contribution in [3.8, 4) is 0 Å². The number of benzene rings is 4. The van der Waals surface area contributed by atoms with E-state index < -0.39 is 43.6 Å². The van der Waals surface area contributed by atoms with Crippen LogP contribution in [-0.2, 0) is 35.0 Å². The topological polar surface area (TPSA) is 97.8 Å². The Bertz CT molecular complexity index is 1570. The molecule has 0 aliphatic carbocycles. The average molecular weight is 562 g/mol. The van der Waals surface area contributed by atoms with Gasteiger partial charge < -0.3 is 4.74 Å². The molecule has 4 aromatic rings. The molecule has 1 fully saturated rings. The van der Waals surface area contributed by atoms with E-state index in [2.05, 4.69) is 0 Å². The molecule has 0 spiro atoms. The quantitative estimate of drug-likeness (QED) is 0.288. The van der Waals surface area contributed by atoms with E-state index in [1.165, 1.54) is 48.5 Å². The maximum Gasteiger partial charge on any atom is 0.321 e. The van der Waals surface area contributed by atoms with E-state index in [1.54, 1.807) is 19.1 Å². The lowest BCUT2D eigenvalue weighted by Gasteiger charge is -2.31. The van der Waals surface area contributed by atoms with E-state index in [1.807, 2.05) is 60.7 Å². The molecule has 7 nitrogen and oxygen atoms in total. The van der Waals surface area contributed by atoms with Gasteiger partial charge >= 0.3 is 5.97 Å². The molecule has 1 aliphatic rings. The summed E-state index contributed by atoms with van der Waals surface area (Å²) in [7, 11) is -9.12. The number of carbonyl (C=O) groups excluding carboxylic acids is 1. The summed E-state index contributed by atoms with van der Waals surface area (Å²) in [6.45, 7) is 0.973. The van der Waals surface area contributed by atoms with Gasteiger partial charge in [-0.2, -0.15) is 0 Å². The van der Waals surface area contributed by atoms with E-state index in [-0.39, 0.29) is 16.2 Å². The number of cyclic esters (lactones) is 1. The van der Waals surface area contributed by atoms with E-state index in [9.17, 15) is 21.6 Å². The predicted molar refractivity (Wildman–Crippen MR) is 147 cm³/mol. The van der Waals surface area contributed by atoms with Crippen LogP contribution >= 0.6 is 0 Å². The highest BCUT2D eigenvalue weighted by atomic mass is 32.3. The minimum Gasteiger partial charge on any atom is -0.457 e. The second kappa shape index (κ2) is 10.1. The molecule has 4 aromatic carbocycles. The van der Waals surface area contributed by atoms with Crippen LogP contribution in [0.1, 0.15) is 24.5 Å². The Morgan fingerprint density at radius 3 is 1.38 bits per heavy atom. The fraction of sp³-hybridized carbons (Fsp3) is 0.167. The molecule has 39 heavy (non-hydrogen) atoms. The van der Waals surface area contributed by atoms with Crippen LogP contribution in [0.4, 0.5) is 0 Å². The van der Waals surface area contributed by atoms with E-state index >= 15 is 0 Å². The highest BCUT2D eigenvalue weighted by Gasteiger charge is 2.58. The highest BCUT2D eigenvalue weighted by molar-refractivity contribution is 8.04. The number of hydrogen-bond donors (Lipinski definition) is 0. The van der Waals surface area contributed by atoms with Crippen LogP contribution < -0.4 is 0 Å². The van der Waals surface area contributed by atoms with E-state index in [4.69, 9.17) is 4.74 Å². The third-order valence-electron chi connectivity index (χ3n) is 6.94. The molecule has 0 radical (unpaired) electrons. The molecule has 1 aliphatic heterocycles. The van der Waals surface area contributed by atoms with Crippen LogP contribution in [0.3, 0.4) is 0 Å². The number of esters is 1. The third-order valence-corrected chi connectivity index (χ3v) is 11.2. The minimum absolute atomic E-state index is 0.0258. The number of rotatable bonds is 8. The third kappa shape index (κ3) is 4.78. The molecule has 1 atom stereocenters. The smallest absolute Gasteiger partial charge is 0.321 e. The fourth-order valence-electron chi connectivity index (χ4n) is 5.11. The standard InChI is InChI=1S/C30H27NO6S2/c1-29(22-30(28(32)37-29,24-14-6-2-7-15-24)25-16-8-3-9-17-25)23-31(38(33,34)26-18-10-4-11-19-26)39(35,36)27-20-12-5-13-21-27/h2-21H,22-23H2,1H3. The van der Waals surface area contributed by atoms with Crippen LogP contribution in [0.2, 0.25) is 0 Å². The van der Waals surface area contributed by atoms with Crippen LogP contribution in [0, 0.1) is 0 Å². The van der Waals surface area contributed by atoms with Gasteiger partial charge in [-0.15, -0.1) is 0 Å². The molecule has 0 amide bonds. The molecule has 200 valence electrons. The van der Waals surface area contributed by atoms with Gasteiger partial charge in [0.1, 0.15) is 11.0 Å². The van der Waals surface area contributed by atoms with Gasteiger partial charge in [0, 0.05) is 6.42 Å². The summed E-state index contributed by atoms with van der Waals surface area (Å²) in [5.74, 6) is -0.573. The molecule has 5 rings (SSSR count). The Hall–Kier alpha value is -3.79. The molecular formula is C30H27NO6S2. The fourth-order valence-corrected chi connectivity index (χ4v) is 9.02. The Morgan fingerprint density at radius 1 is 0.641 bits per heavy atom. The summed E-state index contributed by atoms with van der Waals surface area (Å²) < 4.78 is 61.9. The second-order valence-electron chi connectivity index (χ2n) is 9.72. The lowest BCUT2D eigenvalue weighted by atomic mass is 9.70. The van der Waals surface area contributed by atoms with Crippen molar-refractivity contribution in [2.24, 2.45) is 0 Å². The van der Waals surface area contributed by atoms with Gasteiger partial charge in [0.05, 0.1) is 16.3 Å². The molecule has 0 bridgehead atoms. The number of nitrogens with zero attached hydrogens (tertiary/aromatic N) is 1. The minimum atomic E-state index is -4.56. The Kier molecular flexibility index (Phi) is 6.92. The first kappa shape index (κ1) is 26.8. The van der Waals surface area contributed by atoms with Crippen molar-refractivity contribution in [1.29, 1.82) is 0 Å². The maximum atomic E-state index is 13.9. The summed E-state index contributed by atoms with van der Waals surface area (Å²) in [4.78, 5) is 13.4. The lowest BCUT2D eigenvalue weighted by molar-refractivity contribution is -0.149. The van der Waals surface area contributed by atoms with Crippen LogP contribution in [0.15, 0.2) is 131 Å². The molecule has 9 heteroatoms. The Balaban J connectivity index is 1.64. The average Bonchev–Trinajstić information content (AvgIpc) is 3.24. The zero-order chi connectivity index (χ0) is 27.7. The first-order chi connectivity index (χ1) is 18.6. The summed E-state index contributed by atoms with van der Waals surface area (Å²) in [6.07, 6.45) is 0.0258. The lowest BCUT2D eigenvalue weighted by Crippen LogP contribution is -2.47. The predicted octanol–water partition coefficient (Wildman–Crippen LogP) is 4.76. The monoisotopic (exact) mass is 561 g/mol. The number of ether oxygens (including phenoxy) is 1. The van der Waals surface area contributed by atoms with Gasteiger partial charge in [0.15, 0.2) is 0 Å². The van der Waals surface area contributed by atoms with Gasteiger partial charge in [-0.05, 0) is 42.3 Å². The van der Waals surface area contributed by atoms with Gasteiger partial charge in [0.2, 0.25) is 0 Å². The summed E-state index contributed by atoms with van der Waals surface area (Å²) >= 11 is 0. The number of hydrogen-bond acceptors (Lipinski definition) is 6. The SMILES string of the molecule is CC1(CN(S(=O)(=O)c2ccccc2)S(=O)(=O)c2ccccc2)CC(c2ccccc2)(c2ccccc2)C(=O)O1. The molecule has 0 saturated carbocycles. The zero-order valence-electron chi connectivity index (χ0n) is 21.2. The maximum absolute atomic E-state index is 13.9. The van der Waals surface area contributed by atoms with Gasteiger partial charge in [-0.1, -0.05) is 101 Å².